The molecule has 0 fully saturated rings. The van der Waals surface area contributed by atoms with E-state index in [9.17, 15) is 22.8 Å². The summed E-state index contributed by atoms with van der Waals surface area (Å²) in [6.45, 7) is 0.117. The second kappa shape index (κ2) is 6.67. The fourth-order valence-electron chi connectivity index (χ4n) is 2.68. The first-order chi connectivity index (χ1) is 12.3. The van der Waals surface area contributed by atoms with Crippen LogP contribution >= 0.6 is 0 Å². The average molecular weight is 360 g/mol. The smallest absolute Gasteiger partial charge is 0.336 e. The molecule has 7 heteroatoms. The number of hydrogen-bond donors (Lipinski definition) is 1. The van der Waals surface area contributed by atoms with E-state index in [2.05, 4.69) is 4.98 Å². The van der Waals surface area contributed by atoms with Gasteiger partial charge in [0.05, 0.1) is 5.56 Å². The van der Waals surface area contributed by atoms with Crippen LogP contribution in [0.1, 0.15) is 21.6 Å². The third-order valence-electron chi connectivity index (χ3n) is 4.03. The van der Waals surface area contributed by atoms with E-state index in [1.165, 1.54) is 24.1 Å². The Hall–Kier alpha value is -3.09. The number of benzene rings is 2. The third kappa shape index (κ3) is 3.61. The topological polar surface area (TPSA) is 53.2 Å². The zero-order valence-electron chi connectivity index (χ0n) is 13.8. The highest BCUT2D eigenvalue weighted by Crippen LogP contribution is 2.29. The number of aromatic amines is 1. The van der Waals surface area contributed by atoms with Gasteiger partial charge < -0.3 is 9.88 Å². The molecule has 1 N–H and O–H groups in total. The number of pyridine rings is 1. The van der Waals surface area contributed by atoms with Crippen LogP contribution in [0.25, 0.3) is 10.8 Å². The summed E-state index contributed by atoms with van der Waals surface area (Å²) >= 11 is 0. The van der Waals surface area contributed by atoms with Gasteiger partial charge >= 0.3 is 6.18 Å². The van der Waals surface area contributed by atoms with Crippen molar-refractivity contribution < 1.29 is 18.0 Å². The molecule has 0 bridgehead atoms. The lowest BCUT2D eigenvalue weighted by Gasteiger charge is -2.18. The van der Waals surface area contributed by atoms with Crippen molar-refractivity contribution in [2.24, 2.45) is 0 Å². The number of nitrogens with zero attached hydrogens (tertiary/aromatic N) is 1. The first-order valence-electron chi connectivity index (χ1n) is 7.79. The summed E-state index contributed by atoms with van der Waals surface area (Å²) in [6.07, 6.45) is -4.40. The molecule has 1 aromatic heterocycles. The lowest BCUT2D eigenvalue weighted by molar-refractivity contribution is -0.137. The lowest BCUT2D eigenvalue weighted by atomic mass is 10.1. The fraction of sp³-hybridized carbons (Fsp3) is 0.158. The minimum atomic E-state index is -4.40. The van der Waals surface area contributed by atoms with Gasteiger partial charge in [-0.25, -0.2) is 0 Å². The summed E-state index contributed by atoms with van der Waals surface area (Å²) in [6, 6.07) is 13.1. The van der Waals surface area contributed by atoms with Crippen molar-refractivity contribution in [3.8, 4) is 0 Å². The number of fused-ring (bicyclic) bond motifs is 1. The van der Waals surface area contributed by atoms with Crippen molar-refractivity contribution in [3.05, 3.63) is 81.8 Å². The van der Waals surface area contributed by atoms with Crippen molar-refractivity contribution in [3.63, 3.8) is 0 Å². The summed E-state index contributed by atoms with van der Waals surface area (Å²) in [4.78, 5) is 28.5. The van der Waals surface area contributed by atoms with E-state index < -0.39 is 17.6 Å². The highest BCUT2D eigenvalue weighted by atomic mass is 19.4. The van der Waals surface area contributed by atoms with Crippen molar-refractivity contribution in [2.45, 2.75) is 12.7 Å². The van der Waals surface area contributed by atoms with Crippen LogP contribution in [-0.2, 0) is 12.7 Å². The van der Waals surface area contributed by atoms with Crippen LogP contribution in [0.3, 0.4) is 0 Å². The summed E-state index contributed by atoms with van der Waals surface area (Å²) in [5, 5.41) is 1.12. The maximum absolute atomic E-state index is 12.6. The van der Waals surface area contributed by atoms with Gasteiger partial charge in [0.25, 0.3) is 11.5 Å². The van der Waals surface area contributed by atoms with Gasteiger partial charge in [0.1, 0.15) is 5.69 Å². The first kappa shape index (κ1) is 17.7. The van der Waals surface area contributed by atoms with Crippen LogP contribution in [-0.4, -0.2) is 22.8 Å². The van der Waals surface area contributed by atoms with Gasteiger partial charge in [-0.2, -0.15) is 13.2 Å². The van der Waals surface area contributed by atoms with Crippen molar-refractivity contribution in [1.29, 1.82) is 0 Å². The Labute approximate surface area is 146 Å². The molecule has 3 aromatic rings. The number of nitrogens with one attached hydrogen (secondary N) is 1. The number of alkyl halides is 3. The number of carbonyl (C=O) groups is 1. The van der Waals surface area contributed by atoms with E-state index in [-0.39, 0.29) is 17.8 Å². The van der Waals surface area contributed by atoms with Gasteiger partial charge in [-0.1, -0.05) is 30.3 Å². The Kier molecular flexibility index (Phi) is 4.54. The van der Waals surface area contributed by atoms with E-state index in [0.29, 0.717) is 16.3 Å². The number of H-pyrrole nitrogens is 1. The van der Waals surface area contributed by atoms with Crippen LogP contribution in [0.5, 0.6) is 0 Å². The molecule has 0 aliphatic rings. The van der Waals surface area contributed by atoms with Crippen LogP contribution in [0.4, 0.5) is 13.2 Å². The molecule has 26 heavy (non-hydrogen) atoms. The second-order valence-corrected chi connectivity index (χ2v) is 5.96. The monoisotopic (exact) mass is 360 g/mol. The normalized spacial score (nSPS) is 11.5. The van der Waals surface area contributed by atoms with Gasteiger partial charge in [-0.3, -0.25) is 9.59 Å². The summed E-state index contributed by atoms with van der Waals surface area (Å²) in [7, 11) is 1.52. The molecule has 1 heterocycles. The molecule has 0 atom stereocenters. The quantitative estimate of drug-likeness (QED) is 0.772. The van der Waals surface area contributed by atoms with E-state index >= 15 is 0 Å². The number of halogens is 3. The Bertz CT molecular complexity index is 1010. The van der Waals surface area contributed by atoms with Gasteiger partial charge in [-0.05, 0) is 35.2 Å². The minimum Gasteiger partial charge on any atom is -0.336 e. The van der Waals surface area contributed by atoms with E-state index in [4.69, 9.17) is 0 Å². The molecule has 4 nitrogen and oxygen atoms in total. The number of rotatable bonds is 3. The summed E-state index contributed by atoms with van der Waals surface area (Å²) in [5.41, 5.74) is -0.427. The van der Waals surface area contributed by atoms with Crippen molar-refractivity contribution in [1.82, 2.24) is 9.88 Å². The molecule has 2 aromatic carbocycles. The molecule has 0 saturated carbocycles. The Morgan fingerprint density at radius 1 is 1.08 bits per heavy atom. The lowest BCUT2D eigenvalue weighted by Crippen LogP contribution is -2.28. The van der Waals surface area contributed by atoms with Crippen LogP contribution in [0, 0.1) is 0 Å². The molecule has 0 aliphatic heterocycles. The molecule has 0 aliphatic carbocycles. The highest BCUT2D eigenvalue weighted by Gasteiger charge is 2.30. The Morgan fingerprint density at radius 3 is 2.38 bits per heavy atom. The molecule has 0 unspecified atom stereocenters. The number of aromatic nitrogens is 1. The molecule has 0 radical (unpaired) electrons. The van der Waals surface area contributed by atoms with Gasteiger partial charge in [0.15, 0.2) is 0 Å². The zero-order valence-corrected chi connectivity index (χ0v) is 13.8. The fourth-order valence-corrected chi connectivity index (χ4v) is 2.68. The Morgan fingerprint density at radius 2 is 1.73 bits per heavy atom. The molecular formula is C19H15F3N2O2. The van der Waals surface area contributed by atoms with Gasteiger partial charge in [0, 0.05) is 19.0 Å². The van der Waals surface area contributed by atoms with Crippen LogP contribution in [0.15, 0.2) is 59.4 Å². The third-order valence-corrected chi connectivity index (χ3v) is 4.03. The molecule has 134 valence electrons. The summed E-state index contributed by atoms with van der Waals surface area (Å²) < 4.78 is 37.8. The predicted octanol–water partition coefficient (Wildman–Crippen LogP) is 3.82. The summed E-state index contributed by atoms with van der Waals surface area (Å²) in [5.74, 6) is -0.423. The number of carbonyl (C=O) groups excluding carboxylic acids is 1. The Balaban J connectivity index is 1.81. The predicted molar refractivity (Wildman–Crippen MR) is 91.8 cm³/mol. The second-order valence-electron chi connectivity index (χ2n) is 5.96. The van der Waals surface area contributed by atoms with Crippen LogP contribution in [0.2, 0.25) is 0 Å². The van der Waals surface area contributed by atoms with Crippen molar-refractivity contribution in [2.75, 3.05) is 7.05 Å². The van der Waals surface area contributed by atoms with Crippen molar-refractivity contribution >= 4 is 16.7 Å². The van der Waals surface area contributed by atoms with E-state index in [1.54, 1.807) is 30.3 Å². The van der Waals surface area contributed by atoms with Gasteiger partial charge in [-0.15, -0.1) is 0 Å². The maximum Gasteiger partial charge on any atom is 0.416 e. The number of amides is 1. The SMILES string of the molecule is CN(Cc1ccc(C(F)(F)F)cc1)C(=O)c1cc2ccccc2c(=O)[nH]1. The molecular weight excluding hydrogens is 345 g/mol. The average Bonchev–Trinajstić information content (AvgIpc) is 2.60. The first-order valence-corrected chi connectivity index (χ1v) is 7.79. The number of hydrogen-bond acceptors (Lipinski definition) is 2. The minimum absolute atomic E-state index is 0.117. The van der Waals surface area contributed by atoms with Crippen LogP contribution < -0.4 is 5.56 Å². The molecule has 0 spiro atoms. The van der Waals surface area contributed by atoms with E-state index in [1.807, 2.05) is 0 Å². The zero-order chi connectivity index (χ0) is 18.9. The standard InChI is InChI=1S/C19H15F3N2O2/c1-24(11-12-6-8-14(9-7-12)19(20,21)22)18(26)16-10-13-4-2-3-5-15(13)17(25)23-16/h2-10H,11H2,1H3,(H,23,25). The van der Waals surface area contributed by atoms with E-state index in [0.717, 1.165) is 12.1 Å². The molecule has 0 saturated heterocycles. The largest absolute Gasteiger partial charge is 0.416 e. The highest BCUT2D eigenvalue weighted by molar-refractivity contribution is 5.96. The maximum atomic E-state index is 12.6. The molecule has 1 amide bonds. The van der Waals surface area contributed by atoms with Gasteiger partial charge in [0.2, 0.25) is 0 Å². The molecule has 3 rings (SSSR count).